The summed E-state index contributed by atoms with van der Waals surface area (Å²) in [7, 11) is 0. The Bertz CT molecular complexity index is 652. The summed E-state index contributed by atoms with van der Waals surface area (Å²) < 4.78 is 7.80. The third-order valence-corrected chi connectivity index (χ3v) is 4.12. The second-order valence-corrected chi connectivity index (χ2v) is 5.83. The van der Waals surface area contributed by atoms with E-state index in [1.807, 2.05) is 0 Å². The maximum Gasteiger partial charge on any atom is 0.355 e. The topological polar surface area (TPSA) is 36.3 Å². The smallest absolute Gasteiger partial charge is 0.355 e. The first kappa shape index (κ1) is 15.6. The van der Waals surface area contributed by atoms with Crippen molar-refractivity contribution in [2.24, 2.45) is 0 Å². The lowest BCUT2D eigenvalue weighted by Crippen LogP contribution is -2.40. The first-order chi connectivity index (χ1) is 11.2. The summed E-state index contributed by atoms with van der Waals surface area (Å²) in [5.74, 6) is 1.01. The second kappa shape index (κ2) is 7.29. The van der Waals surface area contributed by atoms with Gasteiger partial charge in [0.15, 0.2) is 0 Å². The number of ether oxygens (including phenoxy) is 1. The molecule has 2 N–H and O–H groups in total. The Morgan fingerprint density at radius 1 is 0.826 bits per heavy atom. The summed E-state index contributed by atoms with van der Waals surface area (Å²) in [5.41, 5.74) is 4.69. The molecule has 4 nitrogen and oxygen atoms in total. The molecule has 120 valence electrons. The number of para-hydroxylation sites is 2. The van der Waals surface area contributed by atoms with Crippen molar-refractivity contribution in [2.75, 3.05) is 36.9 Å². The zero-order valence-corrected chi connectivity index (χ0v) is 13.8. The fourth-order valence-corrected chi connectivity index (χ4v) is 2.66. The third-order valence-electron chi connectivity index (χ3n) is 4.12. The van der Waals surface area contributed by atoms with Gasteiger partial charge in [0.2, 0.25) is 0 Å². The predicted octanol–water partition coefficient (Wildman–Crippen LogP) is 3.23. The van der Waals surface area contributed by atoms with Gasteiger partial charge >= 0.3 is 5.96 Å². The van der Waals surface area contributed by atoms with Crippen molar-refractivity contribution < 1.29 is 9.31 Å². The quantitative estimate of drug-likeness (QED) is 0.660. The minimum atomic E-state index is 0.758. The standard InChI is InChI=1S/C19H23N3O/c1-15-7-3-5-9-17(15)20-19(22-11-13-23-14-12-22)21-18-10-6-4-8-16(18)2/h3-10H,11-14H2,1-2H3,(H,20,21)/p+1. The summed E-state index contributed by atoms with van der Waals surface area (Å²) in [4.78, 5) is 0. The number of nitrogens with one attached hydrogen (secondary N) is 2. The molecule has 0 unspecified atom stereocenters. The second-order valence-electron chi connectivity index (χ2n) is 5.83. The normalized spacial score (nSPS) is 14.4. The van der Waals surface area contributed by atoms with E-state index in [9.17, 15) is 0 Å². The molecule has 0 bridgehead atoms. The lowest BCUT2D eigenvalue weighted by atomic mass is 10.2. The molecule has 0 saturated carbocycles. The van der Waals surface area contributed by atoms with Crippen LogP contribution in [-0.2, 0) is 4.74 Å². The molecule has 1 aliphatic heterocycles. The van der Waals surface area contributed by atoms with Gasteiger partial charge in [0.25, 0.3) is 0 Å². The van der Waals surface area contributed by atoms with E-state index in [0.717, 1.165) is 43.6 Å². The number of benzene rings is 2. The maximum atomic E-state index is 5.49. The third kappa shape index (κ3) is 3.90. The largest absolute Gasteiger partial charge is 0.375 e. The van der Waals surface area contributed by atoms with Crippen LogP contribution >= 0.6 is 0 Å². The highest BCUT2D eigenvalue weighted by Gasteiger charge is 2.18. The van der Waals surface area contributed by atoms with Gasteiger partial charge in [-0.3, -0.25) is 4.58 Å². The van der Waals surface area contributed by atoms with E-state index in [4.69, 9.17) is 4.74 Å². The van der Waals surface area contributed by atoms with Gasteiger partial charge < -0.3 is 4.74 Å². The molecule has 1 fully saturated rings. The summed E-state index contributed by atoms with van der Waals surface area (Å²) in [5, 5.41) is 7.14. The Balaban J connectivity index is 1.91. The summed E-state index contributed by atoms with van der Waals surface area (Å²) in [6.07, 6.45) is 0. The number of morpholine rings is 1. The molecule has 0 spiro atoms. The molecule has 0 atom stereocenters. The fraction of sp³-hybridized carbons (Fsp3) is 0.316. The van der Waals surface area contributed by atoms with Crippen LogP contribution < -0.4 is 10.6 Å². The van der Waals surface area contributed by atoms with Crippen molar-refractivity contribution in [3.63, 3.8) is 0 Å². The van der Waals surface area contributed by atoms with E-state index >= 15 is 0 Å². The highest BCUT2D eigenvalue weighted by atomic mass is 16.5. The van der Waals surface area contributed by atoms with Gasteiger partial charge in [-0.1, -0.05) is 36.4 Å². The summed E-state index contributed by atoms with van der Waals surface area (Å²) in [6.45, 7) is 7.52. The molecule has 1 aliphatic rings. The lowest BCUT2D eigenvalue weighted by Gasteiger charge is -2.19. The van der Waals surface area contributed by atoms with Gasteiger partial charge in [0.05, 0.1) is 26.3 Å². The minimum Gasteiger partial charge on any atom is -0.375 e. The molecule has 2 aromatic rings. The van der Waals surface area contributed by atoms with Gasteiger partial charge in [-0.05, 0) is 37.1 Å². The van der Waals surface area contributed by atoms with Crippen LogP contribution in [0.15, 0.2) is 48.5 Å². The zero-order valence-electron chi connectivity index (χ0n) is 13.8. The number of nitrogens with zero attached hydrogens (tertiary/aromatic N) is 1. The van der Waals surface area contributed by atoms with Crippen molar-refractivity contribution >= 4 is 17.3 Å². The average molecular weight is 310 g/mol. The van der Waals surface area contributed by atoms with Crippen LogP contribution in [0.25, 0.3) is 0 Å². The Hall–Kier alpha value is -2.33. The molecule has 0 amide bonds. The van der Waals surface area contributed by atoms with E-state index in [1.165, 1.54) is 11.1 Å². The number of hydrogen-bond donors (Lipinski definition) is 2. The Morgan fingerprint density at radius 2 is 1.30 bits per heavy atom. The first-order valence-corrected chi connectivity index (χ1v) is 8.09. The van der Waals surface area contributed by atoms with E-state index in [2.05, 4.69) is 77.6 Å². The van der Waals surface area contributed by atoms with Crippen molar-refractivity contribution in [3.8, 4) is 0 Å². The highest BCUT2D eigenvalue weighted by Crippen LogP contribution is 2.16. The Kier molecular flexibility index (Phi) is 4.93. The monoisotopic (exact) mass is 310 g/mol. The van der Waals surface area contributed by atoms with E-state index in [0.29, 0.717) is 0 Å². The highest BCUT2D eigenvalue weighted by molar-refractivity contribution is 6.01. The number of anilines is 2. The molecule has 3 rings (SSSR count). The van der Waals surface area contributed by atoms with Gasteiger partial charge in [0.1, 0.15) is 11.4 Å². The van der Waals surface area contributed by atoms with E-state index in [1.54, 1.807) is 0 Å². The fourth-order valence-electron chi connectivity index (χ4n) is 2.66. The number of rotatable bonds is 2. The molecule has 1 heterocycles. The molecule has 4 heteroatoms. The first-order valence-electron chi connectivity index (χ1n) is 8.09. The summed E-state index contributed by atoms with van der Waals surface area (Å²) >= 11 is 0. The zero-order chi connectivity index (χ0) is 16.1. The van der Waals surface area contributed by atoms with Crippen LogP contribution in [0.4, 0.5) is 11.4 Å². The Morgan fingerprint density at radius 3 is 1.78 bits per heavy atom. The van der Waals surface area contributed by atoms with Gasteiger partial charge in [-0.2, -0.15) is 0 Å². The minimum absolute atomic E-state index is 0.758. The molecule has 0 radical (unpaired) electrons. The van der Waals surface area contributed by atoms with Crippen LogP contribution in [0.1, 0.15) is 11.1 Å². The van der Waals surface area contributed by atoms with Crippen LogP contribution in [0.3, 0.4) is 0 Å². The van der Waals surface area contributed by atoms with Crippen molar-refractivity contribution in [2.45, 2.75) is 13.8 Å². The molecule has 1 saturated heterocycles. The van der Waals surface area contributed by atoms with Crippen molar-refractivity contribution in [1.82, 2.24) is 0 Å². The molecule has 2 aromatic carbocycles. The van der Waals surface area contributed by atoms with Crippen molar-refractivity contribution in [1.29, 1.82) is 0 Å². The number of hydrogen-bond acceptors (Lipinski definition) is 1. The van der Waals surface area contributed by atoms with Gasteiger partial charge in [0, 0.05) is 0 Å². The van der Waals surface area contributed by atoms with Crippen molar-refractivity contribution in [3.05, 3.63) is 59.7 Å². The molecular weight excluding hydrogens is 286 g/mol. The van der Waals surface area contributed by atoms with Crippen LogP contribution in [-0.4, -0.2) is 36.8 Å². The van der Waals surface area contributed by atoms with Crippen LogP contribution in [0.5, 0.6) is 0 Å². The molecule has 0 aromatic heterocycles. The summed E-state index contributed by atoms with van der Waals surface area (Å²) in [6, 6.07) is 16.7. The van der Waals surface area contributed by atoms with Gasteiger partial charge in [-0.25, -0.2) is 10.6 Å². The number of aryl methyl sites for hydroxylation is 2. The van der Waals surface area contributed by atoms with E-state index < -0.39 is 0 Å². The molecule has 0 aliphatic carbocycles. The molecular formula is C19H24N3O+. The predicted molar refractivity (Wildman–Crippen MR) is 95.4 cm³/mol. The maximum absolute atomic E-state index is 5.49. The SMILES string of the molecule is Cc1ccccc1NC(Nc1ccccc1C)=[N+]1CCOCC1. The van der Waals surface area contributed by atoms with Gasteiger partial charge in [-0.15, -0.1) is 0 Å². The van der Waals surface area contributed by atoms with E-state index in [-0.39, 0.29) is 0 Å². The molecule has 23 heavy (non-hydrogen) atoms. The Labute approximate surface area is 137 Å². The average Bonchev–Trinajstić information content (AvgIpc) is 2.59. The van der Waals surface area contributed by atoms with Crippen LogP contribution in [0.2, 0.25) is 0 Å². The van der Waals surface area contributed by atoms with Crippen LogP contribution in [0, 0.1) is 13.8 Å². The number of guanidine groups is 1. The lowest BCUT2D eigenvalue weighted by molar-refractivity contribution is -0.549.